The minimum atomic E-state index is -1.27. The summed E-state index contributed by atoms with van der Waals surface area (Å²) in [5, 5.41) is 3.06. The van der Waals surface area contributed by atoms with Crippen LogP contribution in [0, 0.1) is 0 Å². The zero-order valence-corrected chi connectivity index (χ0v) is 11.8. The highest BCUT2D eigenvalue weighted by atomic mass is 35.5. The Morgan fingerprint density at radius 2 is 2.07 bits per heavy atom. The fourth-order valence-corrected chi connectivity index (χ4v) is 2.78. The van der Waals surface area contributed by atoms with Gasteiger partial charge >= 0.3 is 5.97 Å². The summed E-state index contributed by atoms with van der Waals surface area (Å²) >= 11 is 10.9. The first-order valence-electron chi connectivity index (χ1n) is 5.07. The Balaban J connectivity index is 3.69. The highest BCUT2D eigenvalue weighted by Crippen LogP contribution is 2.43. The summed E-state index contributed by atoms with van der Waals surface area (Å²) in [4.78, 5) is 11.1. The molecule has 0 spiro atoms. The van der Waals surface area contributed by atoms with E-state index in [0.29, 0.717) is 5.88 Å². The third-order valence-corrected chi connectivity index (χ3v) is 7.36. The molecule has 0 aliphatic rings. The number of hydrogen-bond acceptors (Lipinski definition) is 4. The summed E-state index contributed by atoms with van der Waals surface area (Å²) in [6.07, 6.45) is 2.83. The molecular weight excluding hydrogens is 253 g/mol. The minimum Gasteiger partial charge on any atom is -0.463 e. The van der Waals surface area contributed by atoms with Crippen LogP contribution < -0.4 is 5.32 Å². The van der Waals surface area contributed by atoms with Gasteiger partial charge in [0.05, 0.1) is 12.4 Å². The maximum Gasteiger partial charge on any atom is 0.319 e. The molecule has 0 aliphatic carbocycles. The van der Waals surface area contributed by atoms with E-state index >= 15 is 0 Å². The van der Waals surface area contributed by atoms with Gasteiger partial charge in [0.2, 0.25) is 0 Å². The van der Waals surface area contributed by atoms with E-state index in [4.69, 9.17) is 28.1 Å². The summed E-state index contributed by atoms with van der Waals surface area (Å²) in [7, 11) is 0. The number of ether oxygens (including phenoxy) is 1. The van der Waals surface area contributed by atoms with Gasteiger partial charge in [0.15, 0.2) is 0 Å². The van der Waals surface area contributed by atoms with E-state index < -0.39 is 6.04 Å². The average molecular weight is 272 g/mol. The second kappa shape index (κ2) is 8.51. The van der Waals surface area contributed by atoms with Gasteiger partial charge in [-0.15, -0.1) is 11.6 Å². The molecule has 0 aromatic carbocycles. The molecular formula is C9H19ClNO2PS. The Morgan fingerprint density at radius 3 is 2.53 bits per heavy atom. The number of nitrogens with one attached hydrogen (secondary N) is 1. The lowest BCUT2D eigenvalue weighted by Gasteiger charge is -2.18. The molecule has 0 amide bonds. The molecule has 0 atom stereocenters. The molecule has 90 valence electrons. The van der Waals surface area contributed by atoms with Crippen LogP contribution in [0.2, 0.25) is 0 Å². The number of rotatable bonds is 8. The molecule has 0 rings (SSSR count). The number of hydrogen-bond donors (Lipinski definition) is 1. The zero-order valence-electron chi connectivity index (χ0n) is 9.29. The second-order valence-electron chi connectivity index (χ2n) is 3.18. The Morgan fingerprint density at radius 1 is 1.47 bits per heavy atom. The predicted molar refractivity (Wildman–Crippen MR) is 69.9 cm³/mol. The fourth-order valence-electron chi connectivity index (χ4n) is 1.01. The van der Waals surface area contributed by atoms with Crippen molar-refractivity contribution in [2.45, 2.75) is 13.8 Å². The smallest absolute Gasteiger partial charge is 0.319 e. The van der Waals surface area contributed by atoms with Crippen LogP contribution in [-0.4, -0.2) is 43.6 Å². The normalized spacial score (nSPS) is 11.4. The first-order chi connectivity index (χ1) is 7.08. The van der Waals surface area contributed by atoms with Gasteiger partial charge < -0.3 is 10.1 Å². The summed E-state index contributed by atoms with van der Waals surface area (Å²) in [5.74, 6) is 0.0811. The molecule has 1 N–H and O–H groups in total. The van der Waals surface area contributed by atoms with Crippen LogP contribution in [0.5, 0.6) is 0 Å². The van der Waals surface area contributed by atoms with Crippen LogP contribution >= 0.6 is 17.6 Å². The van der Waals surface area contributed by atoms with Gasteiger partial charge in [0.25, 0.3) is 0 Å². The lowest BCUT2D eigenvalue weighted by atomic mass is 10.6. The van der Waals surface area contributed by atoms with Gasteiger partial charge in [-0.2, -0.15) is 0 Å². The molecule has 0 heterocycles. The van der Waals surface area contributed by atoms with Gasteiger partial charge in [-0.25, -0.2) is 0 Å². The van der Waals surface area contributed by atoms with E-state index in [1.54, 1.807) is 0 Å². The number of carbonyl (C=O) groups is 1. The molecule has 0 bridgehead atoms. The second-order valence-corrected chi connectivity index (χ2v) is 9.58. The summed E-state index contributed by atoms with van der Waals surface area (Å²) < 4.78 is 4.82. The van der Waals surface area contributed by atoms with Crippen molar-refractivity contribution in [3.05, 3.63) is 0 Å². The lowest BCUT2D eigenvalue weighted by molar-refractivity contribution is -0.141. The first kappa shape index (κ1) is 15.4. The minimum absolute atomic E-state index is 0.231. The largest absolute Gasteiger partial charge is 0.463 e. The number of alkyl halides is 1. The van der Waals surface area contributed by atoms with Gasteiger partial charge in [-0.3, -0.25) is 4.79 Å². The quantitative estimate of drug-likeness (QED) is 0.415. The summed E-state index contributed by atoms with van der Waals surface area (Å²) in [6.45, 7) is 4.72. The highest BCUT2D eigenvalue weighted by molar-refractivity contribution is 8.14. The van der Waals surface area contributed by atoms with Crippen molar-refractivity contribution in [1.82, 2.24) is 5.32 Å². The van der Waals surface area contributed by atoms with Crippen molar-refractivity contribution in [2.75, 3.05) is 37.6 Å². The Bertz CT molecular complexity index is 230. The maximum atomic E-state index is 11.1. The predicted octanol–water partition coefficient (Wildman–Crippen LogP) is 1.83. The third-order valence-electron chi connectivity index (χ3n) is 2.16. The third kappa shape index (κ3) is 7.29. The van der Waals surface area contributed by atoms with Crippen molar-refractivity contribution in [3.63, 3.8) is 0 Å². The number of esters is 1. The lowest BCUT2D eigenvalue weighted by Crippen LogP contribution is -2.26. The molecule has 0 radical (unpaired) electrons. The number of carbonyl (C=O) groups excluding carboxylic acids is 1. The highest BCUT2D eigenvalue weighted by Gasteiger charge is 2.12. The zero-order chi connectivity index (χ0) is 11.7. The molecule has 3 nitrogen and oxygen atoms in total. The van der Waals surface area contributed by atoms with Crippen LogP contribution in [0.15, 0.2) is 0 Å². The Labute approximate surface area is 102 Å². The topological polar surface area (TPSA) is 38.3 Å². The van der Waals surface area contributed by atoms with Gasteiger partial charge in [-0.05, 0) is 18.4 Å². The molecule has 0 aromatic rings. The Kier molecular flexibility index (Phi) is 8.72. The SMILES string of the molecule is CCP(=S)(CC)CNCC(=O)OCCCl. The molecule has 0 aromatic heterocycles. The summed E-state index contributed by atoms with van der Waals surface area (Å²) in [6, 6.07) is -1.27. The first-order valence-corrected chi connectivity index (χ1v) is 8.96. The molecule has 0 saturated heterocycles. The van der Waals surface area contributed by atoms with Crippen LogP contribution in [0.1, 0.15) is 13.8 Å². The van der Waals surface area contributed by atoms with Gasteiger partial charge in [0.1, 0.15) is 6.61 Å². The standard InChI is InChI=1S/C9H19ClNO2PS/c1-3-14(15,4-2)8-11-7-9(12)13-6-5-10/h11H,3-8H2,1-2H3. The molecule has 0 fully saturated rings. The van der Waals surface area contributed by atoms with E-state index in [0.717, 1.165) is 18.6 Å². The van der Waals surface area contributed by atoms with Gasteiger partial charge in [0, 0.05) is 6.29 Å². The van der Waals surface area contributed by atoms with Crippen LogP contribution in [0.4, 0.5) is 0 Å². The summed E-state index contributed by atoms with van der Waals surface area (Å²) in [5.41, 5.74) is 0. The van der Waals surface area contributed by atoms with E-state index in [1.807, 2.05) is 0 Å². The average Bonchev–Trinajstić information content (AvgIpc) is 2.26. The molecule has 0 aliphatic heterocycles. The van der Waals surface area contributed by atoms with E-state index in [1.165, 1.54) is 0 Å². The molecule has 0 saturated carbocycles. The van der Waals surface area contributed by atoms with Crippen LogP contribution in [0.3, 0.4) is 0 Å². The van der Waals surface area contributed by atoms with Crippen molar-refractivity contribution >= 4 is 35.4 Å². The van der Waals surface area contributed by atoms with Crippen molar-refractivity contribution in [2.24, 2.45) is 0 Å². The van der Waals surface area contributed by atoms with Crippen LogP contribution in [0.25, 0.3) is 0 Å². The Hall–Kier alpha value is 0.370. The molecule has 0 unspecified atom stereocenters. The van der Waals surface area contributed by atoms with E-state index in [2.05, 4.69) is 19.2 Å². The van der Waals surface area contributed by atoms with Crippen molar-refractivity contribution in [3.8, 4) is 0 Å². The molecule has 15 heavy (non-hydrogen) atoms. The monoisotopic (exact) mass is 271 g/mol. The molecule has 6 heteroatoms. The maximum absolute atomic E-state index is 11.1. The van der Waals surface area contributed by atoms with Crippen LogP contribution in [-0.2, 0) is 21.3 Å². The van der Waals surface area contributed by atoms with Crippen molar-refractivity contribution in [1.29, 1.82) is 0 Å². The number of halogens is 1. The van der Waals surface area contributed by atoms with E-state index in [9.17, 15) is 4.79 Å². The fraction of sp³-hybridized carbons (Fsp3) is 0.889. The van der Waals surface area contributed by atoms with Gasteiger partial charge in [-0.1, -0.05) is 25.7 Å². The van der Waals surface area contributed by atoms with Crippen molar-refractivity contribution < 1.29 is 9.53 Å². The van der Waals surface area contributed by atoms with E-state index in [-0.39, 0.29) is 19.1 Å².